The summed E-state index contributed by atoms with van der Waals surface area (Å²) in [6, 6.07) is 1.76. The van der Waals surface area contributed by atoms with Crippen molar-refractivity contribution in [3.63, 3.8) is 0 Å². The molecule has 0 radical (unpaired) electrons. The van der Waals surface area contributed by atoms with Gasteiger partial charge < -0.3 is 14.6 Å². The van der Waals surface area contributed by atoms with Gasteiger partial charge in [0.1, 0.15) is 5.92 Å². The maximum absolute atomic E-state index is 12.5. The molecule has 23 heavy (non-hydrogen) atoms. The lowest BCUT2D eigenvalue weighted by atomic mass is 9.97. The number of amides is 1. The summed E-state index contributed by atoms with van der Waals surface area (Å²) >= 11 is 1.45. The number of imidazole rings is 1. The minimum Gasteiger partial charge on any atom is -0.481 e. The zero-order chi connectivity index (χ0) is 16.6. The fourth-order valence-electron chi connectivity index (χ4n) is 2.97. The van der Waals surface area contributed by atoms with Crippen LogP contribution in [0.2, 0.25) is 0 Å². The Morgan fingerprint density at radius 1 is 1.48 bits per heavy atom. The maximum Gasteiger partial charge on any atom is 0.314 e. The Morgan fingerprint density at radius 3 is 2.87 bits per heavy atom. The van der Waals surface area contributed by atoms with Gasteiger partial charge in [0.05, 0.1) is 29.8 Å². The van der Waals surface area contributed by atoms with Gasteiger partial charge in [-0.3, -0.25) is 9.59 Å². The van der Waals surface area contributed by atoms with Crippen LogP contribution in [0, 0.1) is 5.92 Å². The fraction of sp³-hybridized carbons (Fsp3) is 0.438. The lowest BCUT2D eigenvalue weighted by molar-refractivity contribution is -0.139. The number of rotatable bonds is 4. The summed E-state index contributed by atoms with van der Waals surface area (Å²) in [6.45, 7) is 5.43. The second-order valence-electron chi connectivity index (χ2n) is 6.21. The largest absolute Gasteiger partial charge is 0.481 e. The molecule has 6 nitrogen and oxygen atoms in total. The molecule has 1 N–H and O–H groups in total. The molecule has 0 bridgehead atoms. The van der Waals surface area contributed by atoms with E-state index in [1.807, 2.05) is 9.95 Å². The average molecular weight is 333 g/mol. The Bertz CT molecular complexity index is 721. The van der Waals surface area contributed by atoms with Crippen molar-refractivity contribution >= 4 is 23.2 Å². The molecule has 1 aliphatic rings. The number of nitrogens with zero attached hydrogens (tertiary/aromatic N) is 3. The van der Waals surface area contributed by atoms with E-state index >= 15 is 0 Å². The molecule has 0 aliphatic carbocycles. The second kappa shape index (κ2) is 6.16. The van der Waals surface area contributed by atoms with Crippen LogP contribution in [0.1, 0.15) is 41.5 Å². The van der Waals surface area contributed by atoms with E-state index < -0.39 is 11.9 Å². The van der Waals surface area contributed by atoms with E-state index in [1.54, 1.807) is 22.7 Å². The van der Waals surface area contributed by atoms with Crippen molar-refractivity contribution in [1.82, 2.24) is 14.5 Å². The average Bonchev–Trinajstić information content (AvgIpc) is 3.15. The maximum atomic E-state index is 12.5. The van der Waals surface area contributed by atoms with Crippen molar-refractivity contribution in [1.29, 1.82) is 0 Å². The summed E-state index contributed by atoms with van der Waals surface area (Å²) in [6.07, 6.45) is 1.69. The van der Waals surface area contributed by atoms with E-state index in [9.17, 15) is 14.7 Å². The van der Waals surface area contributed by atoms with Crippen LogP contribution in [-0.2, 0) is 17.9 Å². The minimum atomic E-state index is -0.917. The Hall–Kier alpha value is -2.15. The number of carbonyl (C=O) groups excluding carboxylic acids is 1. The molecule has 2 aromatic heterocycles. The SMILES string of the molecule is CC(C)Cn1cnc2c1C(C(=O)O)CN(C(=O)c1ccsc1)C2. The zero-order valence-corrected chi connectivity index (χ0v) is 13.9. The van der Waals surface area contributed by atoms with Gasteiger partial charge in [0.2, 0.25) is 0 Å². The third kappa shape index (κ3) is 3.01. The van der Waals surface area contributed by atoms with Gasteiger partial charge in [-0.1, -0.05) is 13.8 Å². The van der Waals surface area contributed by atoms with Crippen LogP contribution in [-0.4, -0.2) is 38.0 Å². The molecule has 0 spiro atoms. The van der Waals surface area contributed by atoms with Gasteiger partial charge in [0.25, 0.3) is 5.91 Å². The van der Waals surface area contributed by atoms with Gasteiger partial charge >= 0.3 is 5.97 Å². The van der Waals surface area contributed by atoms with Gasteiger partial charge in [-0.05, 0) is 17.4 Å². The third-order valence-electron chi connectivity index (χ3n) is 3.95. The molecule has 1 aliphatic heterocycles. The van der Waals surface area contributed by atoms with E-state index in [2.05, 4.69) is 18.8 Å². The quantitative estimate of drug-likeness (QED) is 0.932. The summed E-state index contributed by atoms with van der Waals surface area (Å²) in [7, 11) is 0. The number of aliphatic carboxylic acids is 1. The molecule has 2 aromatic rings. The molecule has 3 heterocycles. The number of carbonyl (C=O) groups is 2. The van der Waals surface area contributed by atoms with Crippen molar-refractivity contribution in [2.45, 2.75) is 32.9 Å². The number of fused-ring (bicyclic) bond motifs is 1. The van der Waals surface area contributed by atoms with Crippen LogP contribution in [0.3, 0.4) is 0 Å². The van der Waals surface area contributed by atoms with Gasteiger partial charge in [-0.15, -0.1) is 0 Å². The normalized spacial score (nSPS) is 17.3. The smallest absolute Gasteiger partial charge is 0.314 e. The molecule has 0 aromatic carbocycles. The highest BCUT2D eigenvalue weighted by molar-refractivity contribution is 7.08. The van der Waals surface area contributed by atoms with Crippen molar-refractivity contribution in [2.24, 2.45) is 5.92 Å². The third-order valence-corrected chi connectivity index (χ3v) is 4.63. The predicted octanol–water partition coefficient (Wildman–Crippen LogP) is 2.42. The van der Waals surface area contributed by atoms with Crippen LogP contribution in [0.25, 0.3) is 0 Å². The number of thiophene rings is 1. The number of carboxylic acids is 1. The van der Waals surface area contributed by atoms with E-state index in [-0.39, 0.29) is 12.5 Å². The van der Waals surface area contributed by atoms with Gasteiger partial charge in [-0.25, -0.2) is 4.98 Å². The van der Waals surface area contributed by atoms with Gasteiger partial charge in [0.15, 0.2) is 0 Å². The first-order chi connectivity index (χ1) is 11.0. The number of carboxylic acid groups (broad SMARTS) is 1. The minimum absolute atomic E-state index is 0.137. The highest BCUT2D eigenvalue weighted by atomic mass is 32.1. The summed E-state index contributed by atoms with van der Waals surface area (Å²) in [5.74, 6) is -1.39. The Balaban J connectivity index is 1.93. The predicted molar refractivity (Wildman–Crippen MR) is 86.5 cm³/mol. The van der Waals surface area contributed by atoms with Crippen molar-refractivity contribution in [2.75, 3.05) is 6.54 Å². The van der Waals surface area contributed by atoms with E-state index in [0.29, 0.717) is 23.7 Å². The molecule has 0 saturated heterocycles. The highest BCUT2D eigenvalue weighted by Crippen LogP contribution is 2.29. The molecule has 3 rings (SSSR count). The van der Waals surface area contributed by atoms with Crippen LogP contribution < -0.4 is 0 Å². The molecule has 1 unspecified atom stereocenters. The van der Waals surface area contributed by atoms with Crippen LogP contribution in [0.15, 0.2) is 23.2 Å². The Kier molecular flexibility index (Phi) is 4.21. The van der Waals surface area contributed by atoms with E-state index in [4.69, 9.17) is 0 Å². The molecule has 1 atom stereocenters. The molecule has 122 valence electrons. The lowest BCUT2D eigenvalue weighted by Crippen LogP contribution is -2.41. The van der Waals surface area contributed by atoms with E-state index in [1.165, 1.54) is 11.3 Å². The summed E-state index contributed by atoms with van der Waals surface area (Å²) in [5, 5.41) is 13.2. The van der Waals surface area contributed by atoms with Crippen molar-refractivity contribution in [3.05, 3.63) is 40.1 Å². The highest BCUT2D eigenvalue weighted by Gasteiger charge is 2.36. The molecule has 7 heteroatoms. The summed E-state index contributed by atoms with van der Waals surface area (Å²) in [4.78, 5) is 30.2. The monoisotopic (exact) mass is 333 g/mol. The number of hydrogen-bond acceptors (Lipinski definition) is 4. The lowest BCUT2D eigenvalue weighted by Gasteiger charge is -2.31. The second-order valence-corrected chi connectivity index (χ2v) is 6.99. The molecule has 0 saturated carbocycles. The van der Waals surface area contributed by atoms with Crippen LogP contribution in [0.4, 0.5) is 0 Å². The van der Waals surface area contributed by atoms with Crippen molar-refractivity contribution in [3.8, 4) is 0 Å². The fourth-order valence-corrected chi connectivity index (χ4v) is 3.60. The summed E-state index contributed by atoms with van der Waals surface area (Å²) < 4.78 is 1.92. The van der Waals surface area contributed by atoms with Crippen molar-refractivity contribution < 1.29 is 14.7 Å². The van der Waals surface area contributed by atoms with Gasteiger partial charge in [0, 0.05) is 18.5 Å². The molecular weight excluding hydrogens is 314 g/mol. The molecule has 0 fully saturated rings. The molecular formula is C16H19N3O3S. The molecule has 1 amide bonds. The topological polar surface area (TPSA) is 75.4 Å². The van der Waals surface area contributed by atoms with Gasteiger partial charge in [-0.2, -0.15) is 11.3 Å². The Labute approximate surface area is 138 Å². The Morgan fingerprint density at radius 2 is 2.26 bits per heavy atom. The number of hydrogen-bond donors (Lipinski definition) is 1. The van der Waals surface area contributed by atoms with Crippen LogP contribution in [0.5, 0.6) is 0 Å². The first kappa shape index (κ1) is 15.7. The standard InChI is InChI=1S/C16H19N3O3S/c1-10(2)5-19-9-17-13-7-18(6-12(14(13)19)16(21)22)15(20)11-3-4-23-8-11/h3-4,8-10,12H,5-7H2,1-2H3,(H,21,22). The number of aromatic nitrogens is 2. The first-order valence-electron chi connectivity index (χ1n) is 7.55. The first-order valence-corrected chi connectivity index (χ1v) is 8.49. The zero-order valence-electron chi connectivity index (χ0n) is 13.1. The summed E-state index contributed by atoms with van der Waals surface area (Å²) in [5.41, 5.74) is 2.03. The van der Waals surface area contributed by atoms with Crippen LogP contribution >= 0.6 is 11.3 Å². The van der Waals surface area contributed by atoms with E-state index in [0.717, 1.165) is 12.2 Å².